The van der Waals surface area contributed by atoms with E-state index in [1.807, 2.05) is 12.1 Å². The van der Waals surface area contributed by atoms with E-state index in [-0.39, 0.29) is 24.2 Å². The summed E-state index contributed by atoms with van der Waals surface area (Å²) in [6.45, 7) is 4.46. The Morgan fingerprint density at radius 1 is 1.22 bits per heavy atom. The largest absolute Gasteiger partial charge is 0.353 e. The van der Waals surface area contributed by atoms with Gasteiger partial charge in [0, 0.05) is 49.1 Å². The van der Waals surface area contributed by atoms with Crippen LogP contribution in [0.2, 0.25) is 5.02 Å². The van der Waals surface area contributed by atoms with Crippen molar-refractivity contribution in [1.29, 1.82) is 0 Å². The van der Waals surface area contributed by atoms with E-state index in [0.29, 0.717) is 29.3 Å². The monoisotopic (exact) mass is 456 g/mol. The molecular formula is C24H26ClFN4O2. The number of carbonyl (C=O) groups excluding carboxylic acids is 1. The zero-order valence-corrected chi connectivity index (χ0v) is 18.7. The maximum absolute atomic E-state index is 13.7. The third-order valence-electron chi connectivity index (χ3n) is 5.74. The van der Waals surface area contributed by atoms with Crippen molar-refractivity contribution in [3.63, 3.8) is 0 Å². The third kappa shape index (κ3) is 5.93. The molecule has 168 valence electrons. The number of nitrogens with one attached hydrogen (secondary N) is 1. The second-order valence-corrected chi connectivity index (χ2v) is 8.66. The maximum Gasteiger partial charge on any atom is 0.227 e. The van der Waals surface area contributed by atoms with Gasteiger partial charge in [0.25, 0.3) is 0 Å². The molecule has 6 nitrogen and oxygen atoms in total. The van der Waals surface area contributed by atoms with Gasteiger partial charge >= 0.3 is 0 Å². The Labute approximate surface area is 191 Å². The number of piperidine rings is 1. The summed E-state index contributed by atoms with van der Waals surface area (Å²) in [5.41, 5.74) is 2.35. The predicted octanol–water partition coefficient (Wildman–Crippen LogP) is 4.55. The molecule has 0 aliphatic carbocycles. The quantitative estimate of drug-likeness (QED) is 0.564. The third-order valence-corrected chi connectivity index (χ3v) is 5.99. The number of aromatic nitrogens is 2. The molecular weight excluding hydrogens is 431 g/mol. The van der Waals surface area contributed by atoms with Gasteiger partial charge in [0.2, 0.25) is 17.6 Å². The summed E-state index contributed by atoms with van der Waals surface area (Å²) in [6.07, 6.45) is 2.46. The molecule has 1 saturated heterocycles. The highest BCUT2D eigenvalue weighted by Crippen LogP contribution is 2.20. The highest BCUT2D eigenvalue weighted by Gasteiger charge is 2.21. The summed E-state index contributed by atoms with van der Waals surface area (Å²) >= 11 is 5.95. The molecule has 1 amide bonds. The van der Waals surface area contributed by atoms with E-state index in [1.165, 1.54) is 11.6 Å². The van der Waals surface area contributed by atoms with Crippen LogP contribution in [-0.4, -0.2) is 40.1 Å². The molecule has 1 aromatic heterocycles. The first-order valence-electron chi connectivity index (χ1n) is 10.8. The Kier molecular flexibility index (Phi) is 7.17. The number of aryl methyl sites for hydroxylation is 2. The van der Waals surface area contributed by atoms with E-state index in [0.717, 1.165) is 37.5 Å². The molecule has 1 aliphatic heterocycles. The van der Waals surface area contributed by atoms with Crippen molar-refractivity contribution >= 4 is 17.5 Å². The van der Waals surface area contributed by atoms with E-state index in [4.69, 9.17) is 16.1 Å². The zero-order valence-electron chi connectivity index (χ0n) is 18.0. The highest BCUT2D eigenvalue weighted by atomic mass is 35.5. The van der Waals surface area contributed by atoms with E-state index >= 15 is 0 Å². The number of likely N-dealkylation sites (tertiary alicyclic amines) is 1. The van der Waals surface area contributed by atoms with Crippen LogP contribution in [0.4, 0.5) is 4.39 Å². The second kappa shape index (κ2) is 10.2. The average Bonchev–Trinajstić information content (AvgIpc) is 3.26. The molecule has 3 aromatic rings. The lowest BCUT2D eigenvalue weighted by molar-refractivity contribution is -0.122. The van der Waals surface area contributed by atoms with Gasteiger partial charge in [-0.15, -0.1) is 0 Å². The van der Waals surface area contributed by atoms with E-state index in [1.54, 1.807) is 19.1 Å². The number of hydrogen-bond donors (Lipinski definition) is 1. The molecule has 0 atom stereocenters. The van der Waals surface area contributed by atoms with E-state index in [2.05, 4.69) is 32.5 Å². The van der Waals surface area contributed by atoms with Gasteiger partial charge in [0.1, 0.15) is 5.82 Å². The number of hydrogen-bond acceptors (Lipinski definition) is 5. The van der Waals surface area contributed by atoms with E-state index < -0.39 is 0 Å². The Bertz CT molecular complexity index is 1060. The number of carbonyl (C=O) groups is 1. The second-order valence-electron chi connectivity index (χ2n) is 8.22. The first-order valence-corrected chi connectivity index (χ1v) is 11.2. The summed E-state index contributed by atoms with van der Waals surface area (Å²) in [5.74, 6) is 0.357. The summed E-state index contributed by atoms with van der Waals surface area (Å²) < 4.78 is 19.0. The zero-order chi connectivity index (χ0) is 22.5. The molecule has 0 radical (unpaired) electrons. The van der Waals surface area contributed by atoms with Crippen molar-refractivity contribution in [3.05, 3.63) is 70.3 Å². The topological polar surface area (TPSA) is 71.3 Å². The van der Waals surface area contributed by atoms with Gasteiger partial charge in [-0.2, -0.15) is 4.98 Å². The first kappa shape index (κ1) is 22.4. The standard InChI is InChI=1S/C24H26ClFN4O2/c1-16-2-5-18(14-21(16)26)24-28-23(32-29-24)9-8-22(31)27-20-10-12-30(13-11-20)15-17-3-6-19(25)7-4-17/h2-7,14,20H,8-13,15H2,1H3,(H,27,31). The predicted molar refractivity (Wildman–Crippen MR) is 121 cm³/mol. The van der Waals surface area contributed by atoms with Crippen LogP contribution in [0, 0.1) is 12.7 Å². The minimum absolute atomic E-state index is 0.0257. The molecule has 1 aliphatic rings. The van der Waals surface area contributed by atoms with Crippen LogP contribution < -0.4 is 5.32 Å². The van der Waals surface area contributed by atoms with Crippen LogP contribution in [0.15, 0.2) is 47.0 Å². The molecule has 1 N–H and O–H groups in total. The Hall–Kier alpha value is -2.77. The van der Waals surface area contributed by atoms with Gasteiger partial charge < -0.3 is 9.84 Å². The molecule has 2 aromatic carbocycles. The highest BCUT2D eigenvalue weighted by molar-refractivity contribution is 6.30. The van der Waals surface area contributed by atoms with Gasteiger partial charge in [-0.3, -0.25) is 9.69 Å². The lowest BCUT2D eigenvalue weighted by Crippen LogP contribution is -2.44. The first-order chi connectivity index (χ1) is 15.5. The number of amides is 1. The maximum atomic E-state index is 13.7. The molecule has 0 bridgehead atoms. The van der Waals surface area contributed by atoms with Crippen LogP contribution in [0.1, 0.15) is 36.3 Å². The van der Waals surface area contributed by atoms with Crippen molar-refractivity contribution < 1.29 is 13.7 Å². The van der Waals surface area contributed by atoms with Gasteiger partial charge in [-0.1, -0.05) is 41.0 Å². The summed E-state index contributed by atoms with van der Waals surface area (Å²) in [4.78, 5) is 19.0. The van der Waals surface area contributed by atoms with Crippen molar-refractivity contribution in [2.75, 3.05) is 13.1 Å². The molecule has 0 spiro atoms. The average molecular weight is 457 g/mol. The normalized spacial score (nSPS) is 15.1. The molecule has 1 fully saturated rings. The van der Waals surface area contributed by atoms with Crippen molar-refractivity contribution in [2.45, 2.75) is 45.2 Å². The van der Waals surface area contributed by atoms with Gasteiger partial charge in [-0.25, -0.2) is 4.39 Å². The molecule has 32 heavy (non-hydrogen) atoms. The van der Waals surface area contributed by atoms with Crippen molar-refractivity contribution in [3.8, 4) is 11.4 Å². The number of benzene rings is 2. The van der Waals surface area contributed by atoms with Crippen LogP contribution in [-0.2, 0) is 17.8 Å². The summed E-state index contributed by atoms with van der Waals surface area (Å²) in [5, 5.41) is 7.76. The van der Waals surface area contributed by atoms with Crippen molar-refractivity contribution in [2.24, 2.45) is 0 Å². The molecule has 0 unspecified atom stereocenters. The fourth-order valence-corrected chi connectivity index (χ4v) is 3.94. The van der Waals surface area contributed by atoms with Crippen LogP contribution in [0.3, 0.4) is 0 Å². The SMILES string of the molecule is Cc1ccc(-c2noc(CCC(=O)NC3CCN(Cc4ccc(Cl)cc4)CC3)n2)cc1F. The fraction of sp³-hybridized carbons (Fsp3) is 0.375. The Morgan fingerprint density at radius 2 is 1.97 bits per heavy atom. The minimum Gasteiger partial charge on any atom is -0.353 e. The molecule has 8 heteroatoms. The van der Waals surface area contributed by atoms with E-state index in [9.17, 15) is 9.18 Å². The lowest BCUT2D eigenvalue weighted by Gasteiger charge is -2.32. The lowest BCUT2D eigenvalue weighted by atomic mass is 10.0. The van der Waals surface area contributed by atoms with Gasteiger partial charge in [0.15, 0.2) is 0 Å². The Balaban J connectivity index is 1.20. The fourth-order valence-electron chi connectivity index (χ4n) is 3.81. The van der Waals surface area contributed by atoms with Gasteiger partial charge in [-0.05, 0) is 49.1 Å². The van der Waals surface area contributed by atoms with Crippen LogP contribution >= 0.6 is 11.6 Å². The minimum atomic E-state index is -0.313. The van der Waals surface area contributed by atoms with Crippen molar-refractivity contribution in [1.82, 2.24) is 20.4 Å². The van der Waals surface area contributed by atoms with Crippen LogP contribution in [0.5, 0.6) is 0 Å². The number of halogens is 2. The smallest absolute Gasteiger partial charge is 0.227 e. The Morgan fingerprint density at radius 3 is 2.69 bits per heavy atom. The van der Waals surface area contributed by atoms with Crippen LogP contribution in [0.25, 0.3) is 11.4 Å². The molecule has 2 heterocycles. The summed E-state index contributed by atoms with van der Waals surface area (Å²) in [6, 6.07) is 12.9. The summed E-state index contributed by atoms with van der Waals surface area (Å²) in [7, 11) is 0. The molecule has 4 rings (SSSR count). The number of rotatable bonds is 7. The van der Waals surface area contributed by atoms with Gasteiger partial charge in [0.05, 0.1) is 0 Å². The number of nitrogens with zero attached hydrogens (tertiary/aromatic N) is 3. The molecule has 0 saturated carbocycles.